The Kier molecular flexibility index (Phi) is 4.57. The van der Waals surface area contributed by atoms with Crippen molar-refractivity contribution in [2.45, 2.75) is 44.2 Å². The summed E-state index contributed by atoms with van der Waals surface area (Å²) in [5.41, 5.74) is 1.41. The summed E-state index contributed by atoms with van der Waals surface area (Å²) in [4.78, 5) is 2.46. The number of likely N-dealkylation sites (N-methyl/N-ethyl adjacent to an activating group) is 1. The maximum atomic E-state index is 9.50. The van der Waals surface area contributed by atoms with E-state index in [0.29, 0.717) is 6.04 Å². The van der Waals surface area contributed by atoms with Crippen LogP contribution < -0.4 is 0 Å². The molecule has 1 saturated carbocycles. The largest absolute Gasteiger partial charge is 0.393 e. The maximum Gasteiger partial charge on any atom is 0.0541 e. The van der Waals surface area contributed by atoms with Crippen LogP contribution >= 0.6 is 0 Å². The van der Waals surface area contributed by atoms with Crippen molar-refractivity contribution in [3.05, 3.63) is 35.9 Å². The molecule has 2 nitrogen and oxygen atoms in total. The standard InChI is InChI=1S/C15H23NO/c1-16(14-7-9-15(17)10-8-14)12-11-13-5-3-2-4-6-13/h2-6,14-15,17H,7-12H2,1H3. The second kappa shape index (κ2) is 6.18. The Labute approximate surface area is 104 Å². The SMILES string of the molecule is CN(CCc1ccccc1)C1CCC(O)CC1. The van der Waals surface area contributed by atoms with Gasteiger partial charge in [-0.25, -0.2) is 0 Å². The number of nitrogens with zero attached hydrogens (tertiary/aromatic N) is 1. The molecule has 2 rings (SSSR count). The molecule has 0 bridgehead atoms. The van der Waals surface area contributed by atoms with Crippen LogP contribution in [0, 0.1) is 0 Å². The molecule has 1 N–H and O–H groups in total. The van der Waals surface area contributed by atoms with E-state index in [0.717, 1.165) is 38.6 Å². The third-order valence-corrected chi connectivity index (χ3v) is 3.89. The summed E-state index contributed by atoms with van der Waals surface area (Å²) in [5, 5.41) is 9.50. The van der Waals surface area contributed by atoms with Crippen molar-refractivity contribution in [2.75, 3.05) is 13.6 Å². The van der Waals surface area contributed by atoms with E-state index in [1.165, 1.54) is 5.56 Å². The van der Waals surface area contributed by atoms with E-state index in [1.54, 1.807) is 0 Å². The summed E-state index contributed by atoms with van der Waals surface area (Å²) in [7, 11) is 2.21. The van der Waals surface area contributed by atoms with Gasteiger partial charge in [-0.2, -0.15) is 0 Å². The molecule has 2 heteroatoms. The quantitative estimate of drug-likeness (QED) is 0.863. The molecule has 17 heavy (non-hydrogen) atoms. The first-order valence-electron chi connectivity index (χ1n) is 6.68. The van der Waals surface area contributed by atoms with Gasteiger partial charge < -0.3 is 10.0 Å². The molecular formula is C15H23NO. The van der Waals surface area contributed by atoms with E-state index in [4.69, 9.17) is 0 Å². The van der Waals surface area contributed by atoms with Gasteiger partial charge in [-0.3, -0.25) is 0 Å². The van der Waals surface area contributed by atoms with Gasteiger partial charge in [0.1, 0.15) is 0 Å². The third kappa shape index (κ3) is 3.83. The fourth-order valence-electron chi connectivity index (χ4n) is 2.63. The Balaban J connectivity index is 1.75. The van der Waals surface area contributed by atoms with Crippen molar-refractivity contribution in [3.63, 3.8) is 0 Å². The predicted molar refractivity (Wildman–Crippen MR) is 71.0 cm³/mol. The van der Waals surface area contributed by atoms with Crippen LogP contribution in [0.5, 0.6) is 0 Å². The van der Waals surface area contributed by atoms with Gasteiger partial charge in [0, 0.05) is 12.6 Å². The molecule has 0 spiro atoms. The predicted octanol–water partition coefficient (Wildman–Crippen LogP) is 2.46. The summed E-state index contributed by atoms with van der Waals surface area (Å²) in [6.45, 7) is 1.12. The van der Waals surface area contributed by atoms with Crippen LogP contribution in [-0.4, -0.2) is 35.7 Å². The van der Waals surface area contributed by atoms with Gasteiger partial charge in [0.15, 0.2) is 0 Å². The molecular weight excluding hydrogens is 210 g/mol. The molecule has 1 aliphatic rings. The van der Waals surface area contributed by atoms with Gasteiger partial charge in [-0.15, -0.1) is 0 Å². The van der Waals surface area contributed by atoms with Crippen molar-refractivity contribution in [1.29, 1.82) is 0 Å². The van der Waals surface area contributed by atoms with Crippen molar-refractivity contribution < 1.29 is 5.11 Å². The van der Waals surface area contributed by atoms with Crippen molar-refractivity contribution in [2.24, 2.45) is 0 Å². The lowest BCUT2D eigenvalue weighted by molar-refractivity contribution is 0.0847. The normalized spacial score (nSPS) is 25.1. The topological polar surface area (TPSA) is 23.5 Å². The Morgan fingerprint density at radius 3 is 2.41 bits per heavy atom. The van der Waals surface area contributed by atoms with E-state index in [9.17, 15) is 5.11 Å². The summed E-state index contributed by atoms with van der Waals surface area (Å²) < 4.78 is 0. The molecule has 1 aromatic carbocycles. The first kappa shape index (κ1) is 12.6. The molecule has 0 heterocycles. The van der Waals surface area contributed by atoms with E-state index in [-0.39, 0.29) is 6.10 Å². The van der Waals surface area contributed by atoms with Crippen LogP contribution in [0.4, 0.5) is 0 Å². The molecule has 1 aromatic rings. The average Bonchev–Trinajstić information content (AvgIpc) is 2.38. The van der Waals surface area contributed by atoms with Gasteiger partial charge in [-0.1, -0.05) is 30.3 Å². The summed E-state index contributed by atoms with van der Waals surface area (Å²) in [5.74, 6) is 0. The highest BCUT2D eigenvalue weighted by molar-refractivity contribution is 5.14. The lowest BCUT2D eigenvalue weighted by Gasteiger charge is -2.33. The summed E-state index contributed by atoms with van der Waals surface area (Å²) in [6.07, 6.45) is 5.31. The van der Waals surface area contributed by atoms with Crippen LogP contribution in [-0.2, 0) is 6.42 Å². The molecule has 0 atom stereocenters. The first-order chi connectivity index (χ1) is 8.25. The van der Waals surface area contributed by atoms with Gasteiger partial charge in [0.05, 0.1) is 6.10 Å². The molecule has 0 aliphatic heterocycles. The van der Waals surface area contributed by atoms with Crippen molar-refractivity contribution in [3.8, 4) is 0 Å². The van der Waals surface area contributed by atoms with Gasteiger partial charge in [0.25, 0.3) is 0 Å². The molecule has 1 fully saturated rings. The minimum Gasteiger partial charge on any atom is -0.393 e. The lowest BCUT2D eigenvalue weighted by atomic mass is 9.92. The number of rotatable bonds is 4. The van der Waals surface area contributed by atoms with Gasteiger partial charge in [0.2, 0.25) is 0 Å². The number of hydrogen-bond acceptors (Lipinski definition) is 2. The molecule has 94 valence electrons. The molecule has 0 unspecified atom stereocenters. The minimum absolute atomic E-state index is 0.0474. The second-order valence-electron chi connectivity index (χ2n) is 5.18. The first-order valence-corrected chi connectivity index (χ1v) is 6.68. The maximum absolute atomic E-state index is 9.50. The fraction of sp³-hybridized carbons (Fsp3) is 0.600. The Morgan fingerprint density at radius 1 is 1.12 bits per heavy atom. The van der Waals surface area contributed by atoms with E-state index in [2.05, 4.69) is 42.3 Å². The van der Waals surface area contributed by atoms with E-state index in [1.807, 2.05) is 0 Å². The number of aliphatic hydroxyl groups is 1. The lowest BCUT2D eigenvalue weighted by Crippen LogP contribution is -2.37. The number of aliphatic hydroxyl groups excluding tert-OH is 1. The molecule has 0 radical (unpaired) electrons. The van der Waals surface area contributed by atoms with Crippen LogP contribution in [0.25, 0.3) is 0 Å². The highest BCUT2D eigenvalue weighted by atomic mass is 16.3. The molecule has 0 amide bonds. The zero-order chi connectivity index (χ0) is 12.1. The minimum atomic E-state index is -0.0474. The van der Waals surface area contributed by atoms with Crippen LogP contribution in [0.2, 0.25) is 0 Å². The fourth-order valence-corrected chi connectivity index (χ4v) is 2.63. The highest BCUT2D eigenvalue weighted by Gasteiger charge is 2.22. The van der Waals surface area contributed by atoms with Crippen LogP contribution in [0.1, 0.15) is 31.2 Å². The molecule has 1 aliphatic carbocycles. The zero-order valence-corrected chi connectivity index (χ0v) is 10.7. The Morgan fingerprint density at radius 2 is 1.76 bits per heavy atom. The molecule has 0 saturated heterocycles. The highest BCUT2D eigenvalue weighted by Crippen LogP contribution is 2.22. The third-order valence-electron chi connectivity index (χ3n) is 3.89. The van der Waals surface area contributed by atoms with E-state index >= 15 is 0 Å². The Hall–Kier alpha value is -0.860. The second-order valence-corrected chi connectivity index (χ2v) is 5.18. The Bertz CT molecular complexity index is 317. The van der Waals surface area contributed by atoms with Crippen molar-refractivity contribution in [1.82, 2.24) is 4.90 Å². The van der Waals surface area contributed by atoms with Crippen LogP contribution in [0.3, 0.4) is 0 Å². The number of benzene rings is 1. The van der Waals surface area contributed by atoms with E-state index < -0.39 is 0 Å². The summed E-state index contributed by atoms with van der Waals surface area (Å²) >= 11 is 0. The zero-order valence-electron chi connectivity index (χ0n) is 10.7. The van der Waals surface area contributed by atoms with Gasteiger partial charge >= 0.3 is 0 Å². The van der Waals surface area contributed by atoms with Crippen molar-refractivity contribution >= 4 is 0 Å². The summed E-state index contributed by atoms with van der Waals surface area (Å²) in [6, 6.07) is 11.3. The average molecular weight is 233 g/mol. The van der Waals surface area contributed by atoms with Gasteiger partial charge in [-0.05, 0) is 44.7 Å². The van der Waals surface area contributed by atoms with Crippen LogP contribution in [0.15, 0.2) is 30.3 Å². The smallest absolute Gasteiger partial charge is 0.0541 e. The molecule has 0 aromatic heterocycles. The number of hydrogen-bond donors (Lipinski definition) is 1. The monoisotopic (exact) mass is 233 g/mol.